The van der Waals surface area contributed by atoms with E-state index in [-0.39, 0.29) is 0 Å². The molecule has 0 fully saturated rings. The first-order valence-electron chi connectivity index (χ1n) is 8.52. The standard InChI is InChI=1S/C22H16N2OS/c1-26-22-18-13-17-16-10-6-5-7-14(16)11-12-19(17)25-21(18)23-20(24-22)15-8-3-2-4-9-15/h2-12H,13H2,1H3. The average Bonchev–Trinajstić information content (AvgIpc) is 2.72. The van der Waals surface area contributed by atoms with Crippen molar-refractivity contribution in [2.75, 3.05) is 6.26 Å². The van der Waals surface area contributed by atoms with Crippen LogP contribution >= 0.6 is 11.8 Å². The molecular weight excluding hydrogens is 340 g/mol. The predicted octanol–water partition coefficient (Wildman–Crippen LogP) is 5.72. The highest BCUT2D eigenvalue weighted by molar-refractivity contribution is 7.98. The van der Waals surface area contributed by atoms with Crippen LogP contribution < -0.4 is 4.74 Å². The van der Waals surface area contributed by atoms with Crippen molar-refractivity contribution in [3.05, 3.63) is 77.9 Å². The summed E-state index contributed by atoms with van der Waals surface area (Å²) >= 11 is 1.64. The zero-order valence-electron chi connectivity index (χ0n) is 14.3. The van der Waals surface area contributed by atoms with Gasteiger partial charge in [-0.1, -0.05) is 60.7 Å². The van der Waals surface area contributed by atoms with E-state index in [1.165, 1.54) is 16.3 Å². The molecule has 4 aromatic rings. The molecule has 0 aliphatic carbocycles. The number of hydrogen-bond acceptors (Lipinski definition) is 4. The van der Waals surface area contributed by atoms with Crippen molar-refractivity contribution in [3.8, 4) is 23.0 Å². The summed E-state index contributed by atoms with van der Waals surface area (Å²) in [4.78, 5) is 9.52. The normalized spacial score (nSPS) is 12.3. The lowest BCUT2D eigenvalue weighted by Crippen LogP contribution is -2.09. The fourth-order valence-corrected chi connectivity index (χ4v) is 4.02. The van der Waals surface area contributed by atoms with E-state index in [0.717, 1.165) is 28.3 Å². The molecular formula is C22H16N2OS. The molecule has 3 nitrogen and oxygen atoms in total. The second-order valence-corrected chi connectivity index (χ2v) is 7.04. The van der Waals surface area contributed by atoms with E-state index in [4.69, 9.17) is 14.7 Å². The van der Waals surface area contributed by atoms with Crippen LogP contribution in [0, 0.1) is 0 Å². The molecule has 1 aliphatic rings. The predicted molar refractivity (Wildman–Crippen MR) is 106 cm³/mol. The fourth-order valence-electron chi connectivity index (χ4n) is 3.44. The number of benzene rings is 3. The first-order chi connectivity index (χ1) is 12.8. The van der Waals surface area contributed by atoms with Crippen molar-refractivity contribution in [3.63, 3.8) is 0 Å². The molecule has 0 unspecified atom stereocenters. The zero-order valence-corrected chi connectivity index (χ0v) is 15.1. The van der Waals surface area contributed by atoms with Gasteiger partial charge in [-0.25, -0.2) is 4.98 Å². The molecule has 0 radical (unpaired) electrons. The van der Waals surface area contributed by atoms with E-state index < -0.39 is 0 Å². The fraction of sp³-hybridized carbons (Fsp3) is 0.0909. The van der Waals surface area contributed by atoms with E-state index in [1.54, 1.807) is 11.8 Å². The van der Waals surface area contributed by atoms with Crippen LogP contribution in [0.5, 0.6) is 11.6 Å². The van der Waals surface area contributed by atoms with E-state index in [2.05, 4.69) is 36.6 Å². The summed E-state index contributed by atoms with van der Waals surface area (Å²) in [5, 5.41) is 3.44. The van der Waals surface area contributed by atoms with Crippen LogP contribution in [0.2, 0.25) is 0 Å². The molecule has 4 heteroatoms. The van der Waals surface area contributed by atoms with E-state index >= 15 is 0 Å². The van der Waals surface area contributed by atoms with Gasteiger partial charge in [-0.3, -0.25) is 0 Å². The molecule has 2 heterocycles. The van der Waals surface area contributed by atoms with Crippen LogP contribution in [-0.2, 0) is 6.42 Å². The molecule has 3 aromatic carbocycles. The molecule has 26 heavy (non-hydrogen) atoms. The molecule has 1 aliphatic heterocycles. The molecule has 0 N–H and O–H groups in total. The first-order valence-corrected chi connectivity index (χ1v) is 9.75. The van der Waals surface area contributed by atoms with Gasteiger partial charge in [0.15, 0.2) is 5.82 Å². The van der Waals surface area contributed by atoms with Crippen molar-refractivity contribution >= 4 is 22.5 Å². The van der Waals surface area contributed by atoms with E-state index in [1.807, 2.05) is 36.4 Å². The minimum absolute atomic E-state index is 0.672. The van der Waals surface area contributed by atoms with Crippen LogP contribution in [0.25, 0.3) is 22.2 Å². The molecule has 126 valence electrons. The Morgan fingerprint density at radius 1 is 0.846 bits per heavy atom. The Balaban J connectivity index is 1.68. The van der Waals surface area contributed by atoms with E-state index in [0.29, 0.717) is 11.7 Å². The van der Waals surface area contributed by atoms with Gasteiger partial charge in [-0.15, -0.1) is 11.8 Å². The van der Waals surface area contributed by atoms with Crippen LogP contribution in [0.1, 0.15) is 11.1 Å². The van der Waals surface area contributed by atoms with Gasteiger partial charge in [0.2, 0.25) is 5.88 Å². The third kappa shape index (κ3) is 2.45. The summed E-state index contributed by atoms with van der Waals surface area (Å²) in [6.07, 6.45) is 2.84. The Hall–Kier alpha value is -2.85. The second-order valence-electron chi connectivity index (χ2n) is 6.25. The van der Waals surface area contributed by atoms with Crippen molar-refractivity contribution in [2.24, 2.45) is 0 Å². The van der Waals surface area contributed by atoms with Gasteiger partial charge in [0.1, 0.15) is 10.8 Å². The number of rotatable bonds is 2. The number of hydrogen-bond donors (Lipinski definition) is 0. The average molecular weight is 356 g/mol. The Morgan fingerprint density at radius 3 is 2.50 bits per heavy atom. The number of nitrogens with zero attached hydrogens (tertiary/aromatic N) is 2. The number of thioether (sulfide) groups is 1. The third-order valence-corrected chi connectivity index (χ3v) is 5.44. The van der Waals surface area contributed by atoms with Crippen LogP contribution in [0.4, 0.5) is 0 Å². The van der Waals surface area contributed by atoms with Gasteiger partial charge in [0.05, 0.1) is 5.56 Å². The van der Waals surface area contributed by atoms with Crippen LogP contribution in [-0.4, -0.2) is 16.2 Å². The highest BCUT2D eigenvalue weighted by atomic mass is 32.2. The van der Waals surface area contributed by atoms with Crippen LogP contribution in [0.15, 0.2) is 71.8 Å². The summed E-state index contributed by atoms with van der Waals surface area (Å²) in [6, 6.07) is 22.6. The largest absolute Gasteiger partial charge is 0.438 e. The highest BCUT2D eigenvalue weighted by Gasteiger charge is 2.25. The van der Waals surface area contributed by atoms with Gasteiger partial charge >= 0.3 is 0 Å². The smallest absolute Gasteiger partial charge is 0.227 e. The molecule has 0 saturated carbocycles. The molecule has 0 bridgehead atoms. The van der Waals surface area contributed by atoms with Crippen molar-refractivity contribution in [1.82, 2.24) is 9.97 Å². The van der Waals surface area contributed by atoms with Crippen molar-refractivity contribution in [1.29, 1.82) is 0 Å². The lowest BCUT2D eigenvalue weighted by Gasteiger charge is -2.22. The van der Waals surface area contributed by atoms with Crippen LogP contribution in [0.3, 0.4) is 0 Å². The molecule has 0 amide bonds. The number of ether oxygens (including phenoxy) is 1. The highest BCUT2D eigenvalue weighted by Crippen LogP contribution is 2.42. The number of fused-ring (bicyclic) bond motifs is 4. The summed E-state index contributed by atoms with van der Waals surface area (Å²) in [6.45, 7) is 0. The van der Waals surface area contributed by atoms with Gasteiger partial charge < -0.3 is 4.74 Å². The molecule has 0 atom stereocenters. The lowest BCUT2D eigenvalue weighted by molar-refractivity contribution is 0.437. The first kappa shape index (κ1) is 15.4. The maximum Gasteiger partial charge on any atom is 0.227 e. The maximum absolute atomic E-state index is 6.23. The number of aromatic nitrogens is 2. The monoisotopic (exact) mass is 356 g/mol. The zero-order chi connectivity index (χ0) is 17.5. The Bertz CT molecular complexity index is 1130. The van der Waals surface area contributed by atoms with Gasteiger partial charge in [0, 0.05) is 17.5 Å². The molecule has 0 saturated heterocycles. The van der Waals surface area contributed by atoms with E-state index in [9.17, 15) is 0 Å². The van der Waals surface area contributed by atoms with Gasteiger partial charge in [0.25, 0.3) is 0 Å². The Kier molecular flexibility index (Phi) is 3.64. The Labute approximate surface area is 156 Å². The quantitative estimate of drug-likeness (QED) is 0.299. The summed E-state index contributed by atoms with van der Waals surface area (Å²) in [7, 11) is 0. The third-order valence-electron chi connectivity index (χ3n) is 4.71. The Morgan fingerprint density at radius 2 is 1.65 bits per heavy atom. The summed E-state index contributed by atoms with van der Waals surface area (Å²) < 4.78 is 6.23. The van der Waals surface area contributed by atoms with Crippen molar-refractivity contribution in [2.45, 2.75) is 11.4 Å². The SMILES string of the molecule is CSc1nc(-c2ccccc2)nc2c1Cc1c(ccc3ccccc13)O2. The summed E-state index contributed by atoms with van der Waals surface area (Å²) in [5.74, 6) is 2.27. The molecule has 0 spiro atoms. The minimum Gasteiger partial charge on any atom is -0.438 e. The second kappa shape index (κ2) is 6.15. The maximum atomic E-state index is 6.23. The summed E-state index contributed by atoms with van der Waals surface area (Å²) in [5.41, 5.74) is 3.28. The van der Waals surface area contributed by atoms with Gasteiger partial charge in [-0.2, -0.15) is 4.98 Å². The molecule has 5 rings (SSSR count). The van der Waals surface area contributed by atoms with Crippen molar-refractivity contribution < 1.29 is 4.74 Å². The molecule has 1 aromatic heterocycles. The topological polar surface area (TPSA) is 35.0 Å². The minimum atomic E-state index is 0.672. The van der Waals surface area contributed by atoms with Gasteiger partial charge in [-0.05, 0) is 23.1 Å². The lowest BCUT2D eigenvalue weighted by atomic mass is 9.97.